The zero-order valence-corrected chi connectivity index (χ0v) is 21.9. The van der Waals surface area contributed by atoms with Gasteiger partial charge in [0.1, 0.15) is 6.17 Å². The van der Waals surface area contributed by atoms with Crippen LogP contribution in [0.25, 0.3) is 0 Å². The molecule has 0 heterocycles. The van der Waals surface area contributed by atoms with E-state index in [9.17, 15) is 18.0 Å². The highest BCUT2D eigenvalue weighted by Crippen LogP contribution is 2.36. The van der Waals surface area contributed by atoms with Crippen LogP contribution in [0.1, 0.15) is 89.5 Å². The molecule has 3 nitrogen and oxygen atoms in total. The van der Waals surface area contributed by atoms with Crippen molar-refractivity contribution in [1.82, 2.24) is 5.32 Å². The minimum absolute atomic E-state index is 0.00172. The molecule has 0 aliphatic rings. The fourth-order valence-corrected chi connectivity index (χ4v) is 3.85. The van der Waals surface area contributed by atoms with Gasteiger partial charge < -0.3 is 10.6 Å². The van der Waals surface area contributed by atoms with E-state index in [0.29, 0.717) is 6.42 Å². The first-order chi connectivity index (χ1) is 15.4. The van der Waals surface area contributed by atoms with Crippen molar-refractivity contribution in [2.75, 3.05) is 5.32 Å². The van der Waals surface area contributed by atoms with Gasteiger partial charge in [0.15, 0.2) is 0 Å². The smallest absolute Gasteiger partial charge is 0.361 e. The lowest BCUT2D eigenvalue weighted by Gasteiger charge is -2.28. The molecule has 0 bridgehead atoms. The van der Waals surface area contributed by atoms with Crippen LogP contribution in [0.15, 0.2) is 18.2 Å². The summed E-state index contributed by atoms with van der Waals surface area (Å²) in [7, 11) is 0. The Morgan fingerprint density at radius 2 is 1.42 bits per heavy atom. The molecule has 0 fully saturated rings. The molecule has 33 heavy (non-hydrogen) atoms. The molecule has 1 aromatic rings. The lowest BCUT2D eigenvalue weighted by atomic mass is 10.1. The molecular formula is C23H33Cl4F3N2O. The molecule has 0 aliphatic heterocycles. The van der Waals surface area contributed by atoms with Crippen LogP contribution in [0.2, 0.25) is 5.02 Å². The Bertz CT molecular complexity index is 712. The molecule has 1 atom stereocenters. The molecule has 1 rings (SSSR count). The van der Waals surface area contributed by atoms with Crippen molar-refractivity contribution in [2.45, 2.75) is 100 Å². The number of carbonyl (C=O) groups excluding carboxylic acids is 1. The van der Waals surface area contributed by atoms with Gasteiger partial charge in [0.05, 0.1) is 16.3 Å². The maximum atomic E-state index is 13.0. The zero-order chi connectivity index (χ0) is 24.9. The zero-order valence-electron chi connectivity index (χ0n) is 18.8. The molecule has 1 aromatic carbocycles. The van der Waals surface area contributed by atoms with Crippen molar-refractivity contribution in [3.8, 4) is 0 Å². The Balaban J connectivity index is 2.43. The van der Waals surface area contributed by atoms with Gasteiger partial charge in [0.2, 0.25) is 9.70 Å². The number of benzene rings is 1. The van der Waals surface area contributed by atoms with Crippen LogP contribution >= 0.6 is 46.4 Å². The predicted octanol–water partition coefficient (Wildman–Crippen LogP) is 9.28. The van der Waals surface area contributed by atoms with Crippen molar-refractivity contribution in [3.05, 3.63) is 28.8 Å². The van der Waals surface area contributed by atoms with Crippen LogP contribution in [-0.2, 0) is 11.0 Å². The maximum Gasteiger partial charge on any atom is 0.416 e. The Kier molecular flexibility index (Phi) is 14.3. The molecule has 0 radical (unpaired) electrons. The van der Waals surface area contributed by atoms with Crippen LogP contribution in [0.4, 0.5) is 18.9 Å². The number of amides is 1. The van der Waals surface area contributed by atoms with Gasteiger partial charge in [-0.2, -0.15) is 13.2 Å². The Morgan fingerprint density at radius 1 is 0.909 bits per heavy atom. The molecular weight excluding hydrogens is 519 g/mol. The summed E-state index contributed by atoms with van der Waals surface area (Å²) in [5.74, 6) is -0.363. The molecule has 190 valence electrons. The summed E-state index contributed by atoms with van der Waals surface area (Å²) in [6.07, 6.45) is 7.11. The highest BCUT2D eigenvalue weighted by molar-refractivity contribution is 6.68. The van der Waals surface area contributed by atoms with E-state index in [1.807, 2.05) is 0 Å². The molecule has 0 saturated heterocycles. The van der Waals surface area contributed by atoms with Crippen molar-refractivity contribution in [2.24, 2.45) is 0 Å². The van der Waals surface area contributed by atoms with Crippen molar-refractivity contribution < 1.29 is 18.0 Å². The minimum Gasteiger partial charge on any atom is -0.361 e. The van der Waals surface area contributed by atoms with Gasteiger partial charge in [-0.3, -0.25) is 4.79 Å². The Hall–Kier alpha value is -0.560. The summed E-state index contributed by atoms with van der Waals surface area (Å²) >= 11 is 23.8. The van der Waals surface area contributed by atoms with Crippen LogP contribution < -0.4 is 10.6 Å². The van der Waals surface area contributed by atoms with E-state index in [4.69, 9.17) is 46.4 Å². The third-order valence-corrected chi connectivity index (χ3v) is 6.22. The van der Waals surface area contributed by atoms with Gasteiger partial charge in [0, 0.05) is 6.42 Å². The first kappa shape index (κ1) is 30.5. The lowest BCUT2D eigenvalue weighted by Crippen LogP contribution is -2.49. The topological polar surface area (TPSA) is 41.1 Å². The fourth-order valence-electron chi connectivity index (χ4n) is 3.35. The Morgan fingerprint density at radius 3 is 1.91 bits per heavy atom. The van der Waals surface area contributed by atoms with Gasteiger partial charge in [-0.25, -0.2) is 0 Å². The fraction of sp³-hybridized carbons (Fsp3) is 0.696. The second-order valence-electron chi connectivity index (χ2n) is 8.16. The molecule has 1 amide bonds. The summed E-state index contributed by atoms with van der Waals surface area (Å²) in [4.78, 5) is 12.3. The van der Waals surface area contributed by atoms with E-state index in [0.717, 1.165) is 37.5 Å². The third-order valence-electron chi connectivity index (χ3n) is 5.23. The third kappa shape index (κ3) is 13.2. The molecule has 0 aromatic heterocycles. The molecule has 1 unspecified atom stereocenters. The number of alkyl halides is 6. The average molecular weight is 552 g/mol. The van der Waals surface area contributed by atoms with Gasteiger partial charge in [-0.15, -0.1) is 0 Å². The number of carbonyl (C=O) groups is 1. The van der Waals surface area contributed by atoms with Crippen molar-refractivity contribution in [3.63, 3.8) is 0 Å². The highest BCUT2D eigenvalue weighted by Gasteiger charge is 2.35. The van der Waals surface area contributed by atoms with Crippen molar-refractivity contribution in [1.29, 1.82) is 0 Å². The number of anilines is 1. The normalized spacial score (nSPS) is 13.1. The molecule has 0 spiro atoms. The largest absolute Gasteiger partial charge is 0.416 e. The van der Waals surface area contributed by atoms with Gasteiger partial charge in [-0.05, 0) is 24.6 Å². The first-order valence-electron chi connectivity index (χ1n) is 11.4. The summed E-state index contributed by atoms with van der Waals surface area (Å²) in [6.45, 7) is 2.21. The van der Waals surface area contributed by atoms with E-state index in [1.165, 1.54) is 44.9 Å². The number of hydrogen-bond acceptors (Lipinski definition) is 2. The highest BCUT2D eigenvalue weighted by atomic mass is 35.6. The van der Waals surface area contributed by atoms with Gasteiger partial charge >= 0.3 is 6.18 Å². The predicted molar refractivity (Wildman–Crippen MR) is 133 cm³/mol. The van der Waals surface area contributed by atoms with E-state index in [2.05, 4.69) is 17.6 Å². The summed E-state index contributed by atoms with van der Waals surface area (Å²) in [5, 5.41) is 5.16. The number of nitrogens with one attached hydrogen (secondary N) is 2. The van der Waals surface area contributed by atoms with E-state index < -0.39 is 21.7 Å². The van der Waals surface area contributed by atoms with Crippen LogP contribution in [0.3, 0.4) is 0 Å². The molecule has 10 heteroatoms. The number of rotatable bonds is 15. The summed E-state index contributed by atoms with van der Waals surface area (Å²) < 4.78 is 37.0. The summed E-state index contributed by atoms with van der Waals surface area (Å²) in [5.41, 5.74) is -1.01. The van der Waals surface area contributed by atoms with E-state index in [1.54, 1.807) is 0 Å². The van der Waals surface area contributed by atoms with Crippen LogP contribution in [0, 0.1) is 0 Å². The van der Waals surface area contributed by atoms with Crippen LogP contribution in [-0.4, -0.2) is 15.9 Å². The van der Waals surface area contributed by atoms with Crippen LogP contribution in [0.5, 0.6) is 0 Å². The monoisotopic (exact) mass is 550 g/mol. The molecule has 0 saturated carbocycles. The van der Waals surface area contributed by atoms with E-state index >= 15 is 0 Å². The SMILES string of the molecule is CCCCCCCCCCCCCC(=O)NC(Nc1cc(C(F)(F)F)ccc1Cl)C(Cl)(Cl)Cl. The summed E-state index contributed by atoms with van der Waals surface area (Å²) in [6, 6.07) is 2.75. The molecule has 0 aliphatic carbocycles. The second-order valence-corrected chi connectivity index (χ2v) is 10.9. The quantitative estimate of drug-likeness (QED) is 0.129. The molecule has 2 N–H and O–H groups in total. The average Bonchev–Trinajstić information content (AvgIpc) is 2.71. The number of unbranched alkanes of at least 4 members (excludes halogenated alkanes) is 10. The van der Waals surface area contributed by atoms with Gasteiger partial charge in [0.25, 0.3) is 0 Å². The Labute approximate surface area is 215 Å². The maximum absolute atomic E-state index is 13.0. The minimum atomic E-state index is -4.56. The van der Waals surface area contributed by atoms with Crippen molar-refractivity contribution >= 4 is 58.0 Å². The lowest BCUT2D eigenvalue weighted by molar-refractivity contribution is -0.137. The van der Waals surface area contributed by atoms with E-state index in [-0.39, 0.29) is 23.0 Å². The standard InChI is InChI=1S/C23H33Cl4F3N2O/c1-2-3-4-5-6-7-8-9-10-11-12-13-20(33)32-21(22(25,26)27)31-19-16-17(23(28,29)30)14-15-18(19)24/h14-16,21,31H,2-13H2,1H3,(H,32,33). The first-order valence-corrected chi connectivity index (χ1v) is 13.0. The number of halogens is 7. The van der Waals surface area contributed by atoms with Gasteiger partial charge in [-0.1, -0.05) is 118 Å². The number of hydrogen-bond donors (Lipinski definition) is 2. The second kappa shape index (κ2) is 15.4.